The monoisotopic (exact) mass is 200 g/mol. The second-order valence-corrected chi connectivity index (χ2v) is 5.91. The lowest BCUT2D eigenvalue weighted by atomic mass is 9.72. The van der Waals surface area contributed by atoms with Crippen LogP contribution in [0.1, 0.15) is 33.6 Å². The third kappa shape index (κ3) is 3.03. The molecule has 0 aromatic heterocycles. The fourth-order valence-corrected chi connectivity index (χ4v) is 3.23. The number of thioether (sulfide) groups is 1. The number of hydrogen-bond donors (Lipinski definition) is 1. The molecule has 1 unspecified atom stereocenters. The van der Waals surface area contributed by atoms with Gasteiger partial charge in [-0.2, -0.15) is 11.8 Å². The van der Waals surface area contributed by atoms with Gasteiger partial charge >= 0.3 is 0 Å². The van der Waals surface area contributed by atoms with Crippen molar-refractivity contribution < 1.29 is 5.11 Å². The lowest BCUT2D eigenvalue weighted by Gasteiger charge is -2.39. The molecule has 0 aromatic carbocycles. The van der Waals surface area contributed by atoms with Crippen LogP contribution in [0, 0.1) is 5.41 Å². The number of rotatable bonds is 2. The molecule has 1 N–H and O–H groups in total. The van der Waals surface area contributed by atoms with Gasteiger partial charge in [0.05, 0.1) is 5.60 Å². The van der Waals surface area contributed by atoms with E-state index in [1.54, 1.807) is 11.8 Å². The first kappa shape index (κ1) is 11.1. The third-order valence-electron chi connectivity index (χ3n) is 2.45. The Morgan fingerprint density at radius 2 is 2.15 bits per heavy atom. The van der Waals surface area contributed by atoms with Crippen LogP contribution in [-0.4, -0.2) is 22.7 Å². The van der Waals surface area contributed by atoms with Crippen molar-refractivity contribution in [2.24, 2.45) is 5.41 Å². The number of hydrogen-bond acceptors (Lipinski definition) is 2. The van der Waals surface area contributed by atoms with Crippen molar-refractivity contribution in [3.8, 4) is 0 Å². The molecule has 0 fully saturated rings. The molecule has 0 saturated carbocycles. The van der Waals surface area contributed by atoms with Crippen molar-refractivity contribution in [2.75, 3.05) is 12.0 Å². The molecular weight excluding hydrogens is 180 g/mol. The fourth-order valence-electron chi connectivity index (χ4n) is 2.55. The van der Waals surface area contributed by atoms with Gasteiger partial charge in [-0.05, 0) is 31.4 Å². The highest BCUT2D eigenvalue weighted by Gasteiger charge is 2.36. The van der Waals surface area contributed by atoms with Crippen LogP contribution in [0.2, 0.25) is 0 Å². The van der Waals surface area contributed by atoms with E-state index in [-0.39, 0.29) is 5.41 Å². The van der Waals surface area contributed by atoms with Crippen molar-refractivity contribution in [3.63, 3.8) is 0 Å². The van der Waals surface area contributed by atoms with Gasteiger partial charge in [0.2, 0.25) is 0 Å². The first-order valence-electron chi connectivity index (χ1n) is 4.77. The summed E-state index contributed by atoms with van der Waals surface area (Å²) in [6.45, 7) is 6.58. The molecule has 0 heterocycles. The molecule has 0 amide bonds. The maximum Gasteiger partial charge on any atom is 0.0925 e. The van der Waals surface area contributed by atoms with E-state index in [4.69, 9.17) is 0 Å². The van der Waals surface area contributed by atoms with Gasteiger partial charge in [0.25, 0.3) is 0 Å². The van der Waals surface area contributed by atoms with Crippen LogP contribution in [0.15, 0.2) is 11.6 Å². The molecule has 1 rings (SSSR count). The van der Waals surface area contributed by atoms with Gasteiger partial charge in [-0.3, -0.25) is 0 Å². The van der Waals surface area contributed by atoms with Crippen LogP contribution in [0.25, 0.3) is 0 Å². The van der Waals surface area contributed by atoms with Gasteiger partial charge in [-0.25, -0.2) is 0 Å². The molecule has 0 saturated heterocycles. The first-order valence-corrected chi connectivity index (χ1v) is 6.16. The Morgan fingerprint density at radius 3 is 2.62 bits per heavy atom. The summed E-state index contributed by atoms with van der Waals surface area (Å²) in [6, 6.07) is 0. The molecule has 1 aliphatic carbocycles. The van der Waals surface area contributed by atoms with Crippen LogP contribution in [-0.2, 0) is 0 Å². The predicted octanol–water partition coefficient (Wildman–Crippen LogP) is 2.85. The Balaban J connectivity index is 2.82. The average Bonchev–Trinajstić information content (AvgIpc) is 1.78. The molecule has 0 aromatic rings. The van der Waals surface area contributed by atoms with E-state index < -0.39 is 5.60 Å². The zero-order valence-electron chi connectivity index (χ0n) is 9.05. The van der Waals surface area contributed by atoms with Gasteiger partial charge in [0.15, 0.2) is 0 Å². The van der Waals surface area contributed by atoms with Crippen molar-refractivity contribution in [2.45, 2.75) is 39.2 Å². The predicted molar refractivity (Wildman–Crippen MR) is 60.1 cm³/mol. The minimum Gasteiger partial charge on any atom is -0.385 e. The quantitative estimate of drug-likeness (QED) is 0.692. The Hall–Kier alpha value is 0.0500. The van der Waals surface area contributed by atoms with Crippen molar-refractivity contribution in [3.05, 3.63) is 11.6 Å². The van der Waals surface area contributed by atoms with Gasteiger partial charge in [-0.15, -0.1) is 0 Å². The molecule has 13 heavy (non-hydrogen) atoms. The summed E-state index contributed by atoms with van der Waals surface area (Å²) in [6.07, 6.45) is 6.10. The second-order valence-electron chi connectivity index (χ2n) is 5.05. The van der Waals surface area contributed by atoms with Crippen LogP contribution < -0.4 is 0 Å². The summed E-state index contributed by atoms with van der Waals surface area (Å²) < 4.78 is 0. The van der Waals surface area contributed by atoms with Gasteiger partial charge < -0.3 is 5.11 Å². The number of aliphatic hydroxyl groups is 1. The van der Waals surface area contributed by atoms with E-state index in [0.29, 0.717) is 0 Å². The normalized spacial score (nSPS) is 32.8. The van der Waals surface area contributed by atoms with E-state index in [1.807, 2.05) is 6.26 Å². The van der Waals surface area contributed by atoms with Gasteiger partial charge in [0.1, 0.15) is 0 Å². The highest BCUT2D eigenvalue weighted by molar-refractivity contribution is 7.98. The van der Waals surface area contributed by atoms with E-state index in [2.05, 4.69) is 26.8 Å². The smallest absolute Gasteiger partial charge is 0.0925 e. The lowest BCUT2D eigenvalue weighted by Crippen LogP contribution is -2.38. The summed E-state index contributed by atoms with van der Waals surface area (Å²) in [4.78, 5) is 0. The molecule has 0 radical (unpaired) electrons. The van der Waals surface area contributed by atoms with Crippen molar-refractivity contribution in [1.29, 1.82) is 0 Å². The highest BCUT2D eigenvalue weighted by atomic mass is 32.2. The van der Waals surface area contributed by atoms with Crippen LogP contribution in [0.4, 0.5) is 0 Å². The molecule has 2 heteroatoms. The van der Waals surface area contributed by atoms with E-state index >= 15 is 0 Å². The zero-order chi connectivity index (χ0) is 10.1. The third-order valence-corrected chi connectivity index (χ3v) is 3.24. The molecule has 0 spiro atoms. The van der Waals surface area contributed by atoms with Crippen molar-refractivity contribution >= 4 is 11.8 Å². The Labute approximate surface area is 85.6 Å². The van der Waals surface area contributed by atoms with E-state index in [9.17, 15) is 5.11 Å². The van der Waals surface area contributed by atoms with E-state index in [1.165, 1.54) is 5.57 Å². The molecular formula is C11H20OS. The van der Waals surface area contributed by atoms with Crippen LogP contribution in [0.3, 0.4) is 0 Å². The average molecular weight is 200 g/mol. The summed E-state index contributed by atoms with van der Waals surface area (Å²) in [7, 11) is 0. The van der Waals surface area contributed by atoms with E-state index in [0.717, 1.165) is 18.6 Å². The van der Waals surface area contributed by atoms with Crippen LogP contribution in [0.5, 0.6) is 0 Å². The maximum absolute atomic E-state index is 10.3. The maximum atomic E-state index is 10.3. The van der Waals surface area contributed by atoms with Gasteiger partial charge in [0, 0.05) is 5.75 Å². The first-order chi connectivity index (χ1) is 5.87. The Morgan fingerprint density at radius 1 is 1.54 bits per heavy atom. The number of allylic oxidation sites excluding steroid dienone is 1. The Bertz CT molecular complexity index is 220. The van der Waals surface area contributed by atoms with Crippen molar-refractivity contribution in [1.82, 2.24) is 0 Å². The standard InChI is InChI=1S/C11H20OS/c1-9-5-10(2,3)7-11(12,6-9)8-13-4/h6,12H,5,7-8H2,1-4H3. The topological polar surface area (TPSA) is 20.2 Å². The minimum atomic E-state index is -0.564. The summed E-state index contributed by atoms with van der Waals surface area (Å²) in [5.74, 6) is 0.813. The molecule has 1 atom stereocenters. The Kier molecular flexibility index (Phi) is 3.13. The molecule has 0 bridgehead atoms. The zero-order valence-corrected chi connectivity index (χ0v) is 9.87. The van der Waals surface area contributed by atoms with Gasteiger partial charge in [-0.1, -0.05) is 25.5 Å². The second kappa shape index (κ2) is 3.66. The molecule has 76 valence electrons. The largest absolute Gasteiger partial charge is 0.385 e. The van der Waals surface area contributed by atoms with Crippen LogP contribution >= 0.6 is 11.8 Å². The molecule has 0 aliphatic heterocycles. The summed E-state index contributed by atoms with van der Waals surface area (Å²) >= 11 is 1.72. The highest BCUT2D eigenvalue weighted by Crippen LogP contribution is 2.40. The summed E-state index contributed by atoms with van der Waals surface area (Å²) in [5.41, 5.74) is 1.02. The molecule has 1 aliphatic rings. The SMILES string of the molecule is CSCC1(O)C=C(C)CC(C)(C)C1. The molecule has 1 nitrogen and oxygen atoms in total. The minimum absolute atomic E-state index is 0.253. The summed E-state index contributed by atoms with van der Waals surface area (Å²) in [5, 5.41) is 10.3. The fraction of sp³-hybridized carbons (Fsp3) is 0.818. The lowest BCUT2D eigenvalue weighted by molar-refractivity contribution is 0.0521.